The zero-order chi connectivity index (χ0) is 13.2. The van der Waals surface area contributed by atoms with Crippen LogP contribution in [0.25, 0.3) is 0 Å². The Morgan fingerprint density at radius 2 is 1.19 bits per heavy atom. The van der Waals surface area contributed by atoms with Crippen LogP contribution in [0, 0.1) is 11.3 Å². The van der Waals surface area contributed by atoms with Crippen molar-refractivity contribution in [2.24, 2.45) is 0 Å². The number of ketones is 2. The van der Waals surface area contributed by atoms with Gasteiger partial charge in [0.1, 0.15) is 0 Å². The van der Waals surface area contributed by atoms with E-state index in [4.69, 9.17) is 22.8 Å². The van der Waals surface area contributed by atoms with Crippen molar-refractivity contribution in [3.63, 3.8) is 0 Å². The normalized spacial score (nSPS) is 12.9. The fraction of sp³-hybridized carbons (Fsp3) is 0.125. The summed E-state index contributed by atoms with van der Waals surface area (Å²) in [5, 5.41) is 7.32. The summed E-state index contributed by atoms with van der Waals surface area (Å²) in [6.07, 6.45) is 5.01. The van der Waals surface area contributed by atoms with Gasteiger partial charge in [-0.05, 0) is 24.3 Å². The standard InChI is InChI=1S/C6H4O2.C2H3N.H2O4S/c7-5-1-2-6(8)4-3-5;1-2-3;1-5(2,3)4/h1-4H;1H3;(H2,1,2,3,4). The maximum Gasteiger partial charge on any atom is 0.394 e. The molecule has 0 spiro atoms. The molecule has 1 aliphatic rings. The highest BCUT2D eigenvalue weighted by Gasteiger charge is 1.97. The van der Waals surface area contributed by atoms with E-state index in [2.05, 4.69) is 0 Å². The minimum absolute atomic E-state index is 0.121. The molecule has 0 aromatic carbocycles. The first kappa shape index (κ1) is 16.6. The van der Waals surface area contributed by atoms with Gasteiger partial charge >= 0.3 is 10.4 Å². The lowest BCUT2D eigenvalue weighted by atomic mass is 10.2. The largest absolute Gasteiger partial charge is 0.394 e. The number of hydrogen-bond donors (Lipinski definition) is 2. The predicted molar refractivity (Wildman–Crippen MR) is 53.8 cm³/mol. The third kappa shape index (κ3) is 22.8. The lowest BCUT2D eigenvalue weighted by Gasteiger charge is -1.87. The van der Waals surface area contributed by atoms with Gasteiger partial charge in [-0.15, -0.1) is 0 Å². The van der Waals surface area contributed by atoms with Crippen molar-refractivity contribution in [2.45, 2.75) is 6.92 Å². The molecule has 0 aromatic rings. The quantitative estimate of drug-likeness (QED) is 0.459. The number of nitriles is 1. The lowest BCUT2D eigenvalue weighted by molar-refractivity contribution is -0.113. The number of carbonyl (C=O) groups is 2. The molecule has 0 bridgehead atoms. The van der Waals surface area contributed by atoms with Gasteiger partial charge in [-0.25, -0.2) is 0 Å². The van der Waals surface area contributed by atoms with Crippen LogP contribution in [-0.4, -0.2) is 29.1 Å². The molecular formula is C8H9NO6S. The summed E-state index contributed by atoms with van der Waals surface area (Å²) in [5.41, 5.74) is 0. The molecule has 0 heterocycles. The second-order valence-corrected chi connectivity index (χ2v) is 3.04. The molecule has 1 rings (SSSR count). The Morgan fingerprint density at radius 3 is 1.31 bits per heavy atom. The van der Waals surface area contributed by atoms with Gasteiger partial charge in [0.15, 0.2) is 11.6 Å². The van der Waals surface area contributed by atoms with Crippen LogP contribution < -0.4 is 0 Å². The Morgan fingerprint density at radius 1 is 1.06 bits per heavy atom. The first-order valence-electron chi connectivity index (χ1n) is 3.65. The van der Waals surface area contributed by atoms with Gasteiger partial charge in [-0.1, -0.05) is 0 Å². The van der Waals surface area contributed by atoms with Crippen molar-refractivity contribution < 1.29 is 27.1 Å². The molecule has 0 radical (unpaired) electrons. The third-order valence-corrected chi connectivity index (χ3v) is 0.824. The highest BCUT2D eigenvalue weighted by Crippen LogP contribution is 1.90. The molecule has 0 saturated heterocycles. The SMILES string of the molecule is CC#N.O=C1C=CC(=O)C=C1.O=S(=O)(O)O. The van der Waals surface area contributed by atoms with Crippen molar-refractivity contribution in [3.8, 4) is 6.07 Å². The number of allylic oxidation sites excluding steroid dienone is 4. The molecule has 16 heavy (non-hydrogen) atoms. The third-order valence-electron chi connectivity index (χ3n) is 0.824. The van der Waals surface area contributed by atoms with Crippen LogP contribution in [0.2, 0.25) is 0 Å². The van der Waals surface area contributed by atoms with Crippen LogP contribution in [0.5, 0.6) is 0 Å². The van der Waals surface area contributed by atoms with Gasteiger partial charge in [0.25, 0.3) is 0 Å². The van der Waals surface area contributed by atoms with E-state index in [1.165, 1.54) is 31.2 Å². The van der Waals surface area contributed by atoms with E-state index in [1.807, 2.05) is 0 Å². The highest BCUT2D eigenvalue weighted by atomic mass is 32.3. The molecule has 88 valence electrons. The summed E-state index contributed by atoms with van der Waals surface area (Å²) in [6, 6.07) is 1.75. The Labute approximate surface area is 92.3 Å². The van der Waals surface area contributed by atoms with E-state index in [-0.39, 0.29) is 11.6 Å². The maximum atomic E-state index is 10.3. The molecule has 0 amide bonds. The lowest BCUT2D eigenvalue weighted by Crippen LogP contribution is -1.97. The van der Waals surface area contributed by atoms with Crippen molar-refractivity contribution in [1.29, 1.82) is 5.26 Å². The average molecular weight is 247 g/mol. The predicted octanol–water partition coefficient (Wildman–Crippen LogP) is 0.128. The fourth-order valence-corrected chi connectivity index (χ4v) is 0.440. The van der Waals surface area contributed by atoms with E-state index < -0.39 is 10.4 Å². The summed E-state index contributed by atoms with van der Waals surface area (Å²) in [7, 11) is -4.67. The van der Waals surface area contributed by atoms with Gasteiger partial charge in [0.2, 0.25) is 0 Å². The van der Waals surface area contributed by atoms with Crippen LogP contribution in [0.15, 0.2) is 24.3 Å². The van der Waals surface area contributed by atoms with Crippen LogP contribution in [-0.2, 0) is 20.0 Å². The summed E-state index contributed by atoms with van der Waals surface area (Å²) in [5.74, 6) is -0.241. The first-order chi connectivity index (χ1) is 7.20. The average Bonchev–Trinajstić information content (AvgIpc) is 2.09. The van der Waals surface area contributed by atoms with Crippen molar-refractivity contribution in [2.75, 3.05) is 0 Å². The molecule has 0 saturated carbocycles. The van der Waals surface area contributed by atoms with E-state index in [0.29, 0.717) is 0 Å². The summed E-state index contributed by atoms with van der Waals surface area (Å²) < 4.78 is 31.6. The molecule has 0 aliphatic heterocycles. The smallest absolute Gasteiger partial charge is 0.290 e. The van der Waals surface area contributed by atoms with Crippen molar-refractivity contribution >= 4 is 22.0 Å². The zero-order valence-corrected chi connectivity index (χ0v) is 9.01. The topological polar surface area (TPSA) is 133 Å². The minimum Gasteiger partial charge on any atom is -0.290 e. The second kappa shape index (κ2) is 8.49. The van der Waals surface area contributed by atoms with Crippen LogP contribution in [0.3, 0.4) is 0 Å². The fourth-order valence-electron chi connectivity index (χ4n) is 0.440. The van der Waals surface area contributed by atoms with E-state index in [1.54, 1.807) is 6.07 Å². The summed E-state index contributed by atoms with van der Waals surface area (Å²) in [6.45, 7) is 1.43. The first-order valence-corrected chi connectivity index (χ1v) is 5.05. The van der Waals surface area contributed by atoms with Crippen molar-refractivity contribution in [1.82, 2.24) is 0 Å². The Kier molecular flexibility index (Phi) is 8.81. The molecule has 2 N–H and O–H groups in total. The van der Waals surface area contributed by atoms with Gasteiger partial charge in [-0.2, -0.15) is 13.7 Å². The summed E-state index contributed by atoms with van der Waals surface area (Å²) in [4.78, 5) is 20.6. The number of rotatable bonds is 0. The molecule has 0 unspecified atom stereocenters. The molecule has 8 heteroatoms. The van der Waals surface area contributed by atoms with E-state index in [0.717, 1.165) is 0 Å². The van der Waals surface area contributed by atoms with Gasteiger partial charge < -0.3 is 0 Å². The molecule has 0 fully saturated rings. The molecule has 0 aromatic heterocycles. The Balaban J connectivity index is 0. The minimum atomic E-state index is -4.67. The maximum absolute atomic E-state index is 10.3. The molecule has 0 atom stereocenters. The van der Waals surface area contributed by atoms with Crippen LogP contribution >= 0.6 is 0 Å². The van der Waals surface area contributed by atoms with Gasteiger partial charge in [-0.3, -0.25) is 18.7 Å². The molecular weight excluding hydrogens is 238 g/mol. The van der Waals surface area contributed by atoms with Crippen LogP contribution in [0.1, 0.15) is 6.92 Å². The highest BCUT2D eigenvalue weighted by molar-refractivity contribution is 7.79. The van der Waals surface area contributed by atoms with E-state index >= 15 is 0 Å². The van der Waals surface area contributed by atoms with Crippen LogP contribution in [0.4, 0.5) is 0 Å². The summed E-state index contributed by atoms with van der Waals surface area (Å²) >= 11 is 0. The number of hydrogen-bond acceptors (Lipinski definition) is 5. The van der Waals surface area contributed by atoms with E-state index in [9.17, 15) is 9.59 Å². The van der Waals surface area contributed by atoms with Gasteiger partial charge in [0.05, 0.1) is 6.07 Å². The monoisotopic (exact) mass is 247 g/mol. The number of carbonyl (C=O) groups excluding carboxylic acids is 2. The zero-order valence-electron chi connectivity index (χ0n) is 8.19. The molecule has 7 nitrogen and oxygen atoms in total. The second-order valence-electron chi connectivity index (χ2n) is 2.14. The Bertz CT molecular complexity index is 394. The van der Waals surface area contributed by atoms with Crippen molar-refractivity contribution in [3.05, 3.63) is 24.3 Å². The van der Waals surface area contributed by atoms with Gasteiger partial charge in [0, 0.05) is 6.92 Å². The number of nitrogens with zero attached hydrogens (tertiary/aromatic N) is 1. The molecule has 1 aliphatic carbocycles. The Hall–Kier alpha value is -1.82.